The average molecular weight is 245 g/mol. The van der Waals surface area contributed by atoms with Gasteiger partial charge in [-0.25, -0.2) is 4.79 Å². The monoisotopic (exact) mass is 245 g/mol. The van der Waals surface area contributed by atoms with E-state index >= 15 is 0 Å². The molecule has 3 nitrogen and oxygen atoms in total. The fourth-order valence-corrected chi connectivity index (χ4v) is 2.42. The van der Waals surface area contributed by atoms with Crippen LogP contribution in [0.4, 0.5) is 0 Å². The molecule has 0 aliphatic carbocycles. The number of hydrogen-bond acceptors (Lipinski definition) is 3. The standard InChI is InChI=1S/C15H19NO2/c1-11-6-4-5-7-12(11)13-8-9-16(2)10-14(13)15(17)18-3/h4-7H,8-10H2,1-3H3. The van der Waals surface area contributed by atoms with Gasteiger partial charge in [-0.2, -0.15) is 0 Å². The molecule has 0 saturated heterocycles. The van der Waals surface area contributed by atoms with Crippen molar-refractivity contribution in [3.05, 3.63) is 41.0 Å². The summed E-state index contributed by atoms with van der Waals surface area (Å²) in [6.45, 7) is 3.72. The van der Waals surface area contributed by atoms with E-state index in [0.717, 1.165) is 24.1 Å². The number of nitrogens with zero attached hydrogens (tertiary/aromatic N) is 1. The minimum absolute atomic E-state index is 0.209. The quantitative estimate of drug-likeness (QED) is 0.748. The van der Waals surface area contributed by atoms with Crippen molar-refractivity contribution in [1.29, 1.82) is 0 Å². The lowest BCUT2D eigenvalue weighted by Gasteiger charge is -2.27. The van der Waals surface area contributed by atoms with Crippen LogP contribution < -0.4 is 0 Å². The Morgan fingerprint density at radius 2 is 2.06 bits per heavy atom. The van der Waals surface area contributed by atoms with Crippen LogP contribution in [0.15, 0.2) is 29.8 Å². The largest absolute Gasteiger partial charge is 0.466 e. The van der Waals surface area contributed by atoms with Crippen LogP contribution in [0.1, 0.15) is 17.5 Å². The lowest BCUT2D eigenvalue weighted by molar-refractivity contribution is -0.136. The van der Waals surface area contributed by atoms with Gasteiger partial charge in [-0.15, -0.1) is 0 Å². The summed E-state index contributed by atoms with van der Waals surface area (Å²) in [6, 6.07) is 8.20. The molecule has 1 heterocycles. The number of likely N-dealkylation sites (N-methyl/N-ethyl adjacent to an activating group) is 1. The number of ether oxygens (including phenoxy) is 1. The van der Waals surface area contributed by atoms with Crippen molar-refractivity contribution in [1.82, 2.24) is 4.90 Å². The van der Waals surface area contributed by atoms with Gasteiger partial charge in [0, 0.05) is 13.1 Å². The first-order chi connectivity index (χ1) is 8.63. The Morgan fingerprint density at radius 3 is 2.72 bits per heavy atom. The summed E-state index contributed by atoms with van der Waals surface area (Å²) in [7, 11) is 3.47. The van der Waals surface area contributed by atoms with Gasteiger partial charge in [0.2, 0.25) is 0 Å². The van der Waals surface area contributed by atoms with Crippen LogP contribution in [0.5, 0.6) is 0 Å². The Bertz CT molecular complexity index is 491. The Labute approximate surface area is 108 Å². The predicted octanol–water partition coefficient (Wildman–Crippen LogP) is 2.26. The van der Waals surface area contributed by atoms with Crippen LogP contribution in [0.3, 0.4) is 0 Å². The van der Waals surface area contributed by atoms with E-state index in [-0.39, 0.29) is 5.97 Å². The van der Waals surface area contributed by atoms with Gasteiger partial charge < -0.3 is 9.64 Å². The van der Waals surface area contributed by atoms with Crippen molar-refractivity contribution < 1.29 is 9.53 Å². The fourth-order valence-electron chi connectivity index (χ4n) is 2.42. The highest BCUT2D eigenvalue weighted by molar-refractivity contribution is 5.98. The molecule has 0 radical (unpaired) electrons. The molecular weight excluding hydrogens is 226 g/mol. The zero-order chi connectivity index (χ0) is 13.1. The van der Waals surface area contributed by atoms with Crippen LogP contribution in [0, 0.1) is 6.92 Å². The van der Waals surface area contributed by atoms with Crippen LogP contribution in [-0.2, 0) is 9.53 Å². The number of aryl methyl sites for hydroxylation is 1. The first-order valence-electron chi connectivity index (χ1n) is 6.18. The lowest BCUT2D eigenvalue weighted by atomic mass is 9.91. The molecule has 0 unspecified atom stereocenters. The number of rotatable bonds is 2. The minimum Gasteiger partial charge on any atom is -0.466 e. The second kappa shape index (κ2) is 5.36. The van der Waals surface area contributed by atoms with E-state index in [2.05, 4.69) is 24.0 Å². The van der Waals surface area contributed by atoms with Gasteiger partial charge in [0.25, 0.3) is 0 Å². The van der Waals surface area contributed by atoms with Crippen molar-refractivity contribution in [2.45, 2.75) is 13.3 Å². The second-order valence-electron chi connectivity index (χ2n) is 4.75. The van der Waals surface area contributed by atoms with Gasteiger partial charge in [0.1, 0.15) is 0 Å². The predicted molar refractivity (Wildman–Crippen MR) is 72.2 cm³/mol. The molecule has 1 aliphatic heterocycles. The van der Waals surface area contributed by atoms with Crippen LogP contribution in [0.25, 0.3) is 5.57 Å². The Hall–Kier alpha value is -1.61. The van der Waals surface area contributed by atoms with E-state index in [1.807, 2.05) is 19.2 Å². The molecule has 1 aromatic carbocycles. The molecule has 0 atom stereocenters. The molecule has 18 heavy (non-hydrogen) atoms. The molecule has 1 aliphatic rings. The van der Waals surface area contributed by atoms with Gasteiger partial charge >= 0.3 is 5.97 Å². The molecule has 3 heteroatoms. The zero-order valence-corrected chi connectivity index (χ0v) is 11.2. The van der Waals surface area contributed by atoms with Gasteiger partial charge in [-0.3, -0.25) is 0 Å². The highest BCUT2D eigenvalue weighted by Crippen LogP contribution is 2.29. The highest BCUT2D eigenvalue weighted by Gasteiger charge is 2.23. The average Bonchev–Trinajstić information content (AvgIpc) is 2.39. The van der Waals surface area contributed by atoms with Gasteiger partial charge in [-0.05, 0) is 37.1 Å². The van der Waals surface area contributed by atoms with Crippen molar-refractivity contribution in [2.24, 2.45) is 0 Å². The molecular formula is C15H19NO2. The number of carbonyl (C=O) groups is 1. The molecule has 2 rings (SSSR count). The third-order valence-corrected chi connectivity index (χ3v) is 3.44. The first-order valence-corrected chi connectivity index (χ1v) is 6.18. The molecule has 96 valence electrons. The number of esters is 1. The SMILES string of the molecule is COC(=O)C1=C(c2ccccc2C)CCN(C)C1. The summed E-state index contributed by atoms with van der Waals surface area (Å²) in [6.07, 6.45) is 0.895. The summed E-state index contributed by atoms with van der Waals surface area (Å²) in [5.74, 6) is -0.209. The normalized spacial score (nSPS) is 16.8. The maximum absolute atomic E-state index is 11.9. The van der Waals surface area contributed by atoms with E-state index in [9.17, 15) is 4.79 Å². The van der Waals surface area contributed by atoms with E-state index < -0.39 is 0 Å². The molecule has 0 amide bonds. The van der Waals surface area contributed by atoms with Gasteiger partial charge in [0.05, 0.1) is 12.7 Å². The number of methoxy groups -OCH3 is 1. The maximum Gasteiger partial charge on any atom is 0.335 e. The van der Waals surface area contributed by atoms with Crippen molar-refractivity contribution in [3.8, 4) is 0 Å². The lowest BCUT2D eigenvalue weighted by Crippen LogP contribution is -2.31. The zero-order valence-electron chi connectivity index (χ0n) is 11.2. The Kier molecular flexibility index (Phi) is 3.82. The third kappa shape index (κ3) is 2.46. The van der Waals surface area contributed by atoms with E-state index in [0.29, 0.717) is 6.54 Å². The van der Waals surface area contributed by atoms with Gasteiger partial charge in [0.15, 0.2) is 0 Å². The molecule has 0 bridgehead atoms. The first kappa shape index (κ1) is 12.8. The Morgan fingerprint density at radius 1 is 1.33 bits per heavy atom. The number of carbonyl (C=O) groups excluding carboxylic acids is 1. The van der Waals surface area contributed by atoms with E-state index in [1.54, 1.807) is 0 Å². The summed E-state index contributed by atoms with van der Waals surface area (Å²) in [5.41, 5.74) is 4.31. The topological polar surface area (TPSA) is 29.5 Å². The summed E-state index contributed by atoms with van der Waals surface area (Å²) >= 11 is 0. The Balaban J connectivity index is 2.50. The number of benzene rings is 1. The van der Waals surface area contributed by atoms with Crippen molar-refractivity contribution in [3.63, 3.8) is 0 Å². The maximum atomic E-state index is 11.9. The molecule has 0 N–H and O–H groups in total. The smallest absolute Gasteiger partial charge is 0.335 e. The highest BCUT2D eigenvalue weighted by atomic mass is 16.5. The fraction of sp³-hybridized carbons (Fsp3) is 0.400. The summed E-state index contributed by atoms with van der Waals surface area (Å²) in [5, 5.41) is 0. The van der Waals surface area contributed by atoms with Crippen molar-refractivity contribution >= 4 is 11.5 Å². The van der Waals surface area contributed by atoms with E-state index in [4.69, 9.17) is 4.74 Å². The molecule has 0 fully saturated rings. The summed E-state index contributed by atoms with van der Waals surface area (Å²) in [4.78, 5) is 14.0. The van der Waals surface area contributed by atoms with E-state index in [1.165, 1.54) is 18.2 Å². The summed E-state index contributed by atoms with van der Waals surface area (Å²) < 4.78 is 4.91. The molecule has 1 aromatic rings. The third-order valence-electron chi connectivity index (χ3n) is 3.44. The van der Waals surface area contributed by atoms with Crippen LogP contribution in [0.2, 0.25) is 0 Å². The number of hydrogen-bond donors (Lipinski definition) is 0. The minimum atomic E-state index is -0.209. The molecule has 0 saturated carbocycles. The van der Waals surface area contributed by atoms with Crippen LogP contribution >= 0.6 is 0 Å². The van der Waals surface area contributed by atoms with Gasteiger partial charge in [-0.1, -0.05) is 24.3 Å². The van der Waals surface area contributed by atoms with Crippen molar-refractivity contribution in [2.75, 3.05) is 27.2 Å². The van der Waals surface area contributed by atoms with Crippen LogP contribution in [-0.4, -0.2) is 38.1 Å². The molecule has 0 aromatic heterocycles. The second-order valence-corrected chi connectivity index (χ2v) is 4.75. The molecule has 0 spiro atoms.